The lowest BCUT2D eigenvalue weighted by atomic mass is 10.0. The Hall–Kier alpha value is -6.93. The molecule has 262 valence electrons. The van der Waals surface area contributed by atoms with Crippen LogP contribution in [-0.4, -0.2) is 24.9 Å². The van der Waals surface area contributed by atoms with Crippen molar-refractivity contribution in [3.05, 3.63) is 176 Å². The fraction of sp³-hybridized carbons (Fsp3) is 0. The molecule has 0 bridgehead atoms. The summed E-state index contributed by atoms with van der Waals surface area (Å²) < 4.78 is 4.59. The highest BCUT2D eigenvalue weighted by Gasteiger charge is 2.20. The molecule has 0 aliphatic heterocycles. The first-order valence-corrected chi connectivity index (χ1v) is 20.0. The Bertz CT molecular complexity index is 3170. The first-order valence-electron chi connectivity index (χ1n) is 18.4. The molecule has 56 heavy (non-hydrogen) atoms. The molecule has 0 aliphatic rings. The summed E-state index contributed by atoms with van der Waals surface area (Å²) >= 11 is 3.51. The summed E-state index contributed by atoms with van der Waals surface area (Å²) in [6.07, 6.45) is 0. The van der Waals surface area contributed by atoms with Gasteiger partial charge in [0.25, 0.3) is 0 Å². The second-order valence-corrected chi connectivity index (χ2v) is 15.8. The van der Waals surface area contributed by atoms with Gasteiger partial charge < -0.3 is 0 Å². The van der Waals surface area contributed by atoms with Crippen molar-refractivity contribution in [3.8, 4) is 67.9 Å². The van der Waals surface area contributed by atoms with Crippen molar-refractivity contribution in [1.82, 2.24) is 24.9 Å². The van der Waals surface area contributed by atoms with Crippen LogP contribution < -0.4 is 0 Å². The van der Waals surface area contributed by atoms with Gasteiger partial charge in [0, 0.05) is 58.1 Å². The molecule has 0 amide bonds. The van der Waals surface area contributed by atoms with Crippen LogP contribution in [0.5, 0.6) is 0 Å². The van der Waals surface area contributed by atoms with Crippen molar-refractivity contribution in [3.63, 3.8) is 0 Å². The maximum absolute atomic E-state index is 5.38. The summed E-state index contributed by atoms with van der Waals surface area (Å²) in [4.78, 5) is 25.6. The van der Waals surface area contributed by atoms with Crippen molar-refractivity contribution < 1.29 is 0 Å². The smallest absolute Gasteiger partial charge is 0.164 e. The minimum Gasteiger partial charge on any atom is -0.226 e. The molecule has 4 aromatic heterocycles. The van der Waals surface area contributed by atoms with Gasteiger partial charge in [-0.3, -0.25) is 0 Å². The van der Waals surface area contributed by atoms with Crippen molar-refractivity contribution in [2.75, 3.05) is 0 Å². The summed E-state index contributed by atoms with van der Waals surface area (Å²) in [6, 6.07) is 60.9. The van der Waals surface area contributed by atoms with Gasteiger partial charge in [0.05, 0.1) is 15.9 Å². The van der Waals surface area contributed by atoms with Crippen molar-refractivity contribution in [1.29, 1.82) is 0 Å². The maximum atomic E-state index is 5.38. The summed E-state index contributed by atoms with van der Waals surface area (Å²) in [7, 11) is 0. The van der Waals surface area contributed by atoms with E-state index in [1.807, 2.05) is 66.7 Å². The minimum atomic E-state index is 0.637. The molecule has 7 aromatic carbocycles. The quantitative estimate of drug-likeness (QED) is 0.169. The molecule has 0 saturated heterocycles. The van der Waals surface area contributed by atoms with Gasteiger partial charge in [0.2, 0.25) is 0 Å². The number of thiophene rings is 2. The van der Waals surface area contributed by atoms with Crippen LogP contribution >= 0.6 is 22.7 Å². The summed E-state index contributed by atoms with van der Waals surface area (Å²) in [5.41, 5.74) is 9.22. The molecule has 0 aliphatic carbocycles. The van der Waals surface area contributed by atoms with E-state index in [0.717, 1.165) is 64.3 Å². The fourth-order valence-electron chi connectivity index (χ4n) is 7.41. The monoisotopic (exact) mass is 751 g/mol. The third-order valence-corrected chi connectivity index (χ3v) is 12.6. The van der Waals surface area contributed by atoms with E-state index in [1.54, 1.807) is 22.7 Å². The summed E-state index contributed by atoms with van der Waals surface area (Å²) in [5.74, 6) is 2.65. The fourth-order valence-corrected chi connectivity index (χ4v) is 9.81. The molecule has 0 spiro atoms. The average Bonchev–Trinajstić information content (AvgIpc) is 3.85. The van der Waals surface area contributed by atoms with Crippen molar-refractivity contribution in [2.45, 2.75) is 0 Å². The Balaban J connectivity index is 1.06. The van der Waals surface area contributed by atoms with Gasteiger partial charge in [-0.2, -0.15) is 0 Å². The van der Waals surface area contributed by atoms with E-state index >= 15 is 0 Å². The molecular weight excluding hydrogens is 723 g/mol. The van der Waals surface area contributed by atoms with Gasteiger partial charge in [-0.05, 0) is 29.3 Å². The van der Waals surface area contributed by atoms with E-state index in [9.17, 15) is 0 Å². The molecule has 5 nitrogen and oxygen atoms in total. The molecule has 0 saturated carbocycles. The predicted octanol–water partition coefficient (Wildman–Crippen LogP) is 13.4. The maximum Gasteiger partial charge on any atom is 0.164 e. The zero-order valence-corrected chi connectivity index (χ0v) is 31.4. The summed E-state index contributed by atoms with van der Waals surface area (Å²) in [6.45, 7) is 0. The molecule has 0 N–H and O–H groups in total. The number of hydrogen-bond donors (Lipinski definition) is 0. The number of aromatic nitrogens is 5. The van der Waals surface area contributed by atoms with E-state index in [1.165, 1.54) is 26.6 Å². The van der Waals surface area contributed by atoms with Crippen LogP contribution in [0.3, 0.4) is 0 Å². The predicted molar refractivity (Wildman–Crippen MR) is 234 cm³/mol. The molecule has 0 fully saturated rings. The normalized spacial score (nSPS) is 11.6. The van der Waals surface area contributed by atoms with E-state index in [0.29, 0.717) is 17.5 Å². The van der Waals surface area contributed by atoms with Crippen molar-refractivity contribution >= 4 is 63.1 Å². The second kappa shape index (κ2) is 13.4. The number of rotatable bonds is 6. The van der Waals surface area contributed by atoms with Gasteiger partial charge in [-0.1, -0.05) is 158 Å². The van der Waals surface area contributed by atoms with Crippen LogP contribution in [0.25, 0.3) is 108 Å². The molecule has 11 rings (SSSR count). The highest BCUT2D eigenvalue weighted by Crippen LogP contribution is 2.44. The number of fused-ring (bicyclic) bond motifs is 6. The number of benzene rings is 7. The lowest BCUT2D eigenvalue weighted by Gasteiger charge is -2.09. The van der Waals surface area contributed by atoms with E-state index < -0.39 is 0 Å². The van der Waals surface area contributed by atoms with Crippen LogP contribution in [0.15, 0.2) is 176 Å². The summed E-state index contributed by atoms with van der Waals surface area (Å²) in [5, 5.41) is 3.50. The zero-order valence-electron chi connectivity index (χ0n) is 29.8. The topological polar surface area (TPSA) is 64.5 Å². The third-order valence-electron chi connectivity index (χ3n) is 10.2. The lowest BCUT2D eigenvalue weighted by molar-refractivity contribution is 1.07. The van der Waals surface area contributed by atoms with Gasteiger partial charge in [-0.15, -0.1) is 22.7 Å². The molecular formula is C49H29N5S2. The Labute approximate surface area is 330 Å². The van der Waals surface area contributed by atoms with Crippen LogP contribution in [0.2, 0.25) is 0 Å². The molecule has 11 aromatic rings. The zero-order chi connectivity index (χ0) is 37.0. The van der Waals surface area contributed by atoms with Gasteiger partial charge in [0.15, 0.2) is 23.3 Å². The number of hydrogen-bond acceptors (Lipinski definition) is 7. The second-order valence-electron chi connectivity index (χ2n) is 13.6. The minimum absolute atomic E-state index is 0.637. The Kier molecular flexibility index (Phi) is 7.79. The van der Waals surface area contributed by atoms with Crippen molar-refractivity contribution in [2.24, 2.45) is 0 Å². The Morgan fingerprint density at radius 2 is 0.839 bits per heavy atom. The molecule has 0 unspecified atom stereocenters. The SMILES string of the molecule is c1ccc(-c2ccc(-c3nc(-c4cccc5c4sc4cc(-c6nc(-c7ccccc7)nc(-c7ccccc7)n6)ccc45)nc4c3sc3ccccc34)cc2)cc1. The van der Waals surface area contributed by atoms with Crippen LogP contribution in [0.4, 0.5) is 0 Å². The first-order chi connectivity index (χ1) is 27.7. The Morgan fingerprint density at radius 1 is 0.304 bits per heavy atom. The van der Waals surface area contributed by atoms with Crippen LogP contribution in [0.1, 0.15) is 0 Å². The molecule has 0 radical (unpaired) electrons. The van der Waals surface area contributed by atoms with Crippen LogP contribution in [0, 0.1) is 0 Å². The third kappa shape index (κ3) is 5.64. The average molecular weight is 752 g/mol. The van der Waals surface area contributed by atoms with Gasteiger partial charge in [0.1, 0.15) is 0 Å². The first kappa shape index (κ1) is 32.5. The Morgan fingerprint density at radius 3 is 1.54 bits per heavy atom. The van der Waals surface area contributed by atoms with E-state index in [-0.39, 0.29) is 0 Å². The van der Waals surface area contributed by atoms with Crippen LogP contribution in [-0.2, 0) is 0 Å². The molecule has 0 atom stereocenters. The highest BCUT2D eigenvalue weighted by molar-refractivity contribution is 7.26. The standard InChI is InChI=1S/C49H29N5S2/c1-4-13-30(14-5-1)31-23-25-32(26-24-31)42-45-43(38-19-10-11-22-40(38)55-45)51-49(50-42)39-21-12-20-37-36-28-27-35(29-41(36)56-44(37)39)48-53-46(33-15-6-2-7-16-33)52-47(54-48)34-17-8-3-9-18-34/h1-29H. The lowest BCUT2D eigenvalue weighted by Crippen LogP contribution is -1.99. The highest BCUT2D eigenvalue weighted by atomic mass is 32.1. The largest absolute Gasteiger partial charge is 0.226 e. The van der Waals surface area contributed by atoms with Gasteiger partial charge >= 0.3 is 0 Å². The van der Waals surface area contributed by atoms with E-state index in [4.69, 9.17) is 24.9 Å². The molecule has 4 heterocycles. The van der Waals surface area contributed by atoms with Gasteiger partial charge in [-0.25, -0.2) is 24.9 Å². The van der Waals surface area contributed by atoms with E-state index in [2.05, 4.69) is 109 Å². The number of nitrogens with zero attached hydrogens (tertiary/aromatic N) is 5. The molecule has 7 heteroatoms.